The van der Waals surface area contributed by atoms with Crippen LogP contribution < -0.4 is 5.32 Å². The normalized spacial score (nSPS) is 14.7. The minimum Gasteiger partial charge on any atom is -0.389 e. The van der Waals surface area contributed by atoms with Crippen molar-refractivity contribution in [2.75, 3.05) is 20.3 Å². The van der Waals surface area contributed by atoms with Gasteiger partial charge in [0, 0.05) is 39.8 Å². The second-order valence-electron chi connectivity index (χ2n) is 4.94. The zero-order valence-corrected chi connectivity index (χ0v) is 11.9. The van der Waals surface area contributed by atoms with Crippen LogP contribution in [0.4, 0.5) is 0 Å². The minimum atomic E-state index is -0.734. The monoisotopic (exact) mass is 255 g/mol. The van der Waals surface area contributed by atoms with E-state index in [1.54, 1.807) is 7.11 Å². The number of ether oxygens (including phenoxy) is 1. The molecule has 0 aliphatic carbocycles. The fourth-order valence-electron chi connectivity index (χ4n) is 1.89. The van der Waals surface area contributed by atoms with E-state index in [-0.39, 0.29) is 0 Å². The largest absolute Gasteiger partial charge is 0.389 e. The maximum atomic E-state index is 10.1. The molecule has 5 nitrogen and oxygen atoms in total. The molecule has 0 bridgehead atoms. The molecule has 1 heterocycles. The Kier molecular flexibility index (Phi) is 5.78. The van der Waals surface area contributed by atoms with E-state index in [1.807, 2.05) is 18.5 Å². The molecule has 1 rings (SSSR count). The van der Waals surface area contributed by atoms with Crippen molar-refractivity contribution in [2.24, 2.45) is 0 Å². The molecule has 0 spiro atoms. The van der Waals surface area contributed by atoms with Crippen LogP contribution in [0, 0.1) is 6.92 Å². The van der Waals surface area contributed by atoms with Gasteiger partial charge in [0.25, 0.3) is 0 Å². The third kappa shape index (κ3) is 4.76. The summed E-state index contributed by atoms with van der Waals surface area (Å²) >= 11 is 0. The van der Waals surface area contributed by atoms with Gasteiger partial charge in [0.1, 0.15) is 0 Å². The van der Waals surface area contributed by atoms with Gasteiger partial charge in [-0.05, 0) is 26.8 Å². The Hall–Kier alpha value is -0.910. The minimum absolute atomic E-state index is 0.546. The standard InChI is InChI=1S/C13H25N3O2/c1-5-16-12(8-11(2)15-16)9-14-10-13(3,17)6-7-18-4/h8,14,17H,5-7,9-10H2,1-4H3. The fraction of sp³-hybridized carbons (Fsp3) is 0.769. The molecular weight excluding hydrogens is 230 g/mol. The van der Waals surface area contributed by atoms with Crippen molar-refractivity contribution in [3.8, 4) is 0 Å². The molecule has 1 unspecified atom stereocenters. The van der Waals surface area contributed by atoms with Crippen molar-refractivity contribution in [2.45, 2.75) is 45.9 Å². The van der Waals surface area contributed by atoms with Crippen molar-refractivity contribution >= 4 is 0 Å². The zero-order chi connectivity index (χ0) is 13.6. The summed E-state index contributed by atoms with van der Waals surface area (Å²) in [5, 5.41) is 17.8. The SMILES string of the molecule is CCn1nc(C)cc1CNCC(C)(O)CCOC. The van der Waals surface area contributed by atoms with Crippen LogP contribution in [-0.2, 0) is 17.8 Å². The molecule has 5 heteroatoms. The molecule has 2 N–H and O–H groups in total. The molecule has 0 aromatic carbocycles. The number of aryl methyl sites for hydroxylation is 2. The highest BCUT2D eigenvalue weighted by Crippen LogP contribution is 2.09. The molecule has 1 aromatic rings. The Bertz CT molecular complexity index is 361. The van der Waals surface area contributed by atoms with E-state index in [1.165, 1.54) is 0 Å². The summed E-state index contributed by atoms with van der Waals surface area (Å²) in [7, 11) is 1.64. The molecule has 1 atom stereocenters. The number of hydrogen-bond acceptors (Lipinski definition) is 4. The van der Waals surface area contributed by atoms with Gasteiger partial charge in [-0.15, -0.1) is 0 Å². The quantitative estimate of drug-likeness (QED) is 0.730. The number of hydrogen-bond donors (Lipinski definition) is 2. The van der Waals surface area contributed by atoms with Gasteiger partial charge in [-0.2, -0.15) is 5.10 Å². The molecule has 18 heavy (non-hydrogen) atoms. The van der Waals surface area contributed by atoms with Gasteiger partial charge in [0.15, 0.2) is 0 Å². The number of nitrogens with one attached hydrogen (secondary N) is 1. The lowest BCUT2D eigenvalue weighted by Gasteiger charge is -2.23. The Morgan fingerprint density at radius 2 is 2.28 bits per heavy atom. The number of aromatic nitrogens is 2. The first-order valence-corrected chi connectivity index (χ1v) is 6.44. The summed E-state index contributed by atoms with van der Waals surface area (Å²) in [4.78, 5) is 0. The second kappa shape index (κ2) is 6.87. The molecule has 0 saturated heterocycles. The molecule has 104 valence electrons. The van der Waals surface area contributed by atoms with Crippen molar-refractivity contribution in [3.05, 3.63) is 17.5 Å². The van der Waals surface area contributed by atoms with Crippen LogP contribution in [0.1, 0.15) is 31.7 Å². The van der Waals surface area contributed by atoms with Gasteiger partial charge in [0.05, 0.1) is 17.0 Å². The summed E-state index contributed by atoms with van der Waals surface area (Å²) in [6, 6.07) is 2.07. The van der Waals surface area contributed by atoms with E-state index in [0.717, 1.165) is 24.5 Å². The van der Waals surface area contributed by atoms with E-state index in [9.17, 15) is 5.11 Å². The van der Waals surface area contributed by atoms with Crippen LogP contribution in [0.15, 0.2) is 6.07 Å². The van der Waals surface area contributed by atoms with E-state index in [4.69, 9.17) is 4.74 Å². The average Bonchev–Trinajstić information content (AvgIpc) is 2.67. The van der Waals surface area contributed by atoms with Crippen LogP contribution in [0.2, 0.25) is 0 Å². The first-order valence-electron chi connectivity index (χ1n) is 6.44. The van der Waals surface area contributed by atoms with E-state index in [2.05, 4.69) is 23.4 Å². The third-order valence-electron chi connectivity index (χ3n) is 2.94. The zero-order valence-electron chi connectivity index (χ0n) is 11.9. The number of rotatable bonds is 8. The molecule has 0 saturated carbocycles. The third-order valence-corrected chi connectivity index (χ3v) is 2.94. The molecule has 0 radical (unpaired) electrons. The van der Waals surface area contributed by atoms with Crippen molar-refractivity contribution in [3.63, 3.8) is 0 Å². The predicted molar refractivity (Wildman–Crippen MR) is 71.5 cm³/mol. The number of nitrogens with zero attached hydrogens (tertiary/aromatic N) is 2. The maximum Gasteiger partial charge on any atom is 0.0765 e. The van der Waals surface area contributed by atoms with Crippen molar-refractivity contribution in [1.29, 1.82) is 0 Å². The second-order valence-corrected chi connectivity index (χ2v) is 4.94. The van der Waals surface area contributed by atoms with E-state index >= 15 is 0 Å². The Balaban J connectivity index is 2.40. The van der Waals surface area contributed by atoms with Crippen LogP contribution in [0.25, 0.3) is 0 Å². The molecule has 0 aliphatic heterocycles. The summed E-state index contributed by atoms with van der Waals surface area (Å²) in [5.41, 5.74) is 1.44. The Morgan fingerprint density at radius 1 is 1.56 bits per heavy atom. The molecular formula is C13H25N3O2. The number of methoxy groups -OCH3 is 1. The van der Waals surface area contributed by atoms with Gasteiger partial charge in [-0.1, -0.05) is 0 Å². The molecule has 1 aromatic heterocycles. The smallest absolute Gasteiger partial charge is 0.0765 e. The molecule has 0 fully saturated rings. The van der Waals surface area contributed by atoms with Crippen LogP contribution in [0.3, 0.4) is 0 Å². The Morgan fingerprint density at radius 3 is 2.89 bits per heavy atom. The van der Waals surface area contributed by atoms with Gasteiger partial charge < -0.3 is 15.2 Å². The lowest BCUT2D eigenvalue weighted by atomic mass is 10.0. The van der Waals surface area contributed by atoms with Gasteiger partial charge in [-0.3, -0.25) is 4.68 Å². The predicted octanol–water partition coefficient (Wildman–Crippen LogP) is 1.09. The van der Waals surface area contributed by atoms with E-state index < -0.39 is 5.60 Å². The fourth-order valence-corrected chi connectivity index (χ4v) is 1.89. The first kappa shape index (κ1) is 15.1. The van der Waals surface area contributed by atoms with Gasteiger partial charge in [0.2, 0.25) is 0 Å². The highest BCUT2D eigenvalue weighted by atomic mass is 16.5. The van der Waals surface area contributed by atoms with Gasteiger partial charge in [-0.25, -0.2) is 0 Å². The van der Waals surface area contributed by atoms with Crippen LogP contribution in [-0.4, -0.2) is 40.7 Å². The topological polar surface area (TPSA) is 59.3 Å². The van der Waals surface area contributed by atoms with Crippen LogP contribution in [0.5, 0.6) is 0 Å². The average molecular weight is 255 g/mol. The Labute approximate surface area is 109 Å². The highest BCUT2D eigenvalue weighted by Gasteiger charge is 2.19. The summed E-state index contributed by atoms with van der Waals surface area (Å²) < 4.78 is 6.96. The molecule has 0 aliphatic rings. The van der Waals surface area contributed by atoms with E-state index in [0.29, 0.717) is 19.6 Å². The lowest BCUT2D eigenvalue weighted by Crippen LogP contribution is -2.38. The maximum absolute atomic E-state index is 10.1. The van der Waals surface area contributed by atoms with Crippen LogP contribution >= 0.6 is 0 Å². The van der Waals surface area contributed by atoms with Crippen molar-refractivity contribution < 1.29 is 9.84 Å². The molecule has 0 amide bonds. The first-order chi connectivity index (χ1) is 8.48. The van der Waals surface area contributed by atoms with Gasteiger partial charge >= 0.3 is 0 Å². The lowest BCUT2D eigenvalue weighted by molar-refractivity contribution is 0.0246. The highest BCUT2D eigenvalue weighted by molar-refractivity contribution is 5.08. The summed E-state index contributed by atoms with van der Waals surface area (Å²) in [6.07, 6.45) is 0.628. The summed E-state index contributed by atoms with van der Waals surface area (Å²) in [6.45, 7) is 8.59. The van der Waals surface area contributed by atoms with Crippen molar-refractivity contribution in [1.82, 2.24) is 15.1 Å². The number of aliphatic hydroxyl groups is 1. The summed E-state index contributed by atoms with van der Waals surface area (Å²) in [5.74, 6) is 0.